The van der Waals surface area contributed by atoms with E-state index in [2.05, 4.69) is 123 Å². The maximum absolute atomic E-state index is 5.84. The van der Waals surface area contributed by atoms with Crippen molar-refractivity contribution in [3.63, 3.8) is 0 Å². The summed E-state index contributed by atoms with van der Waals surface area (Å²) in [4.78, 5) is 0. The van der Waals surface area contributed by atoms with E-state index in [4.69, 9.17) is 11.5 Å². The standard InChI is InChI=1S/C43H42N2/c1-30-23-38(11-17-40(30)28-36-13-19-42(44)20-14-36)26-34-7-3-32(4-8-34)25-33-5-9-35(10-6-33)27-39-12-18-41(31(2)24-39)29-37-15-21-43(45)22-16-37/h3-24H,25-29,44-45H2,1-2H3. The molecule has 4 N–H and O–H groups in total. The van der Waals surface area contributed by atoms with Gasteiger partial charge in [-0.1, -0.05) is 109 Å². The number of nitrogens with two attached hydrogens (primary N) is 2. The minimum absolute atomic E-state index is 0.810. The van der Waals surface area contributed by atoms with E-state index in [1.54, 1.807) is 0 Å². The third-order valence-electron chi connectivity index (χ3n) is 8.83. The molecule has 0 bridgehead atoms. The molecular formula is C43H42N2. The fraction of sp³-hybridized carbons (Fsp3) is 0.163. The van der Waals surface area contributed by atoms with Crippen LogP contribution in [0, 0.1) is 13.8 Å². The summed E-state index contributed by atoms with van der Waals surface area (Å²) in [6.45, 7) is 4.43. The van der Waals surface area contributed by atoms with Gasteiger partial charge in [-0.2, -0.15) is 0 Å². The highest BCUT2D eigenvalue weighted by atomic mass is 14.5. The highest BCUT2D eigenvalue weighted by Gasteiger charge is 2.06. The minimum atomic E-state index is 0.810. The molecule has 6 aromatic carbocycles. The number of anilines is 2. The lowest BCUT2D eigenvalue weighted by atomic mass is 9.95. The molecule has 45 heavy (non-hydrogen) atoms. The summed E-state index contributed by atoms with van der Waals surface area (Å²) in [7, 11) is 0. The van der Waals surface area contributed by atoms with E-state index in [0.717, 1.165) is 43.5 Å². The molecule has 0 radical (unpaired) electrons. The van der Waals surface area contributed by atoms with Crippen LogP contribution >= 0.6 is 0 Å². The highest BCUT2D eigenvalue weighted by molar-refractivity contribution is 5.44. The van der Waals surface area contributed by atoms with E-state index in [9.17, 15) is 0 Å². The summed E-state index contributed by atoms with van der Waals surface area (Å²) in [5, 5.41) is 0. The van der Waals surface area contributed by atoms with Gasteiger partial charge in [0, 0.05) is 11.4 Å². The Morgan fingerprint density at radius 2 is 0.556 bits per heavy atom. The van der Waals surface area contributed by atoms with Gasteiger partial charge in [-0.05, 0) is 137 Å². The van der Waals surface area contributed by atoms with Gasteiger partial charge < -0.3 is 11.5 Å². The maximum atomic E-state index is 5.84. The topological polar surface area (TPSA) is 52.0 Å². The summed E-state index contributed by atoms with van der Waals surface area (Å²) in [5.74, 6) is 0. The first kappa shape index (κ1) is 30.0. The molecule has 0 aliphatic heterocycles. The van der Waals surface area contributed by atoms with Crippen molar-refractivity contribution in [3.05, 3.63) is 200 Å². The van der Waals surface area contributed by atoms with Crippen molar-refractivity contribution in [2.75, 3.05) is 11.5 Å². The van der Waals surface area contributed by atoms with Crippen molar-refractivity contribution in [3.8, 4) is 0 Å². The lowest BCUT2D eigenvalue weighted by Gasteiger charge is -2.11. The Bertz CT molecular complexity index is 1720. The first-order chi connectivity index (χ1) is 21.9. The summed E-state index contributed by atoms with van der Waals surface area (Å²) < 4.78 is 0. The lowest BCUT2D eigenvalue weighted by molar-refractivity contribution is 1.11. The molecule has 0 aliphatic rings. The molecule has 224 valence electrons. The van der Waals surface area contributed by atoms with Gasteiger partial charge >= 0.3 is 0 Å². The molecule has 6 aromatic rings. The molecule has 0 aromatic heterocycles. The summed E-state index contributed by atoms with van der Waals surface area (Å²) in [5.41, 5.74) is 29.4. The van der Waals surface area contributed by atoms with Crippen molar-refractivity contribution >= 4 is 11.4 Å². The second-order valence-electron chi connectivity index (χ2n) is 12.5. The SMILES string of the molecule is Cc1cc(Cc2ccc(Cc3ccc(Cc4ccc(Cc5ccc(N)cc5)c(C)c4)cc3)cc2)ccc1Cc1ccc(N)cc1. The van der Waals surface area contributed by atoms with Crippen LogP contribution in [0.3, 0.4) is 0 Å². The van der Waals surface area contributed by atoms with Crippen LogP contribution in [-0.2, 0) is 32.1 Å². The van der Waals surface area contributed by atoms with Crippen LogP contribution in [0.1, 0.15) is 66.8 Å². The number of nitrogen functional groups attached to an aromatic ring is 2. The number of aryl methyl sites for hydroxylation is 2. The highest BCUT2D eigenvalue weighted by Crippen LogP contribution is 2.22. The maximum Gasteiger partial charge on any atom is 0.0314 e. The van der Waals surface area contributed by atoms with Gasteiger partial charge in [0.2, 0.25) is 0 Å². The van der Waals surface area contributed by atoms with Crippen LogP contribution in [0.4, 0.5) is 11.4 Å². The number of hydrogen-bond acceptors (Lipinski definition) is 2. The van der Waals surface area contributed by atoms with Gasteiger partial charge in [0.05, 0.1) is 0 Å². The molecule has 0 spiro atoms. The predicted octanol–water partition coefficient (Wildman–Crippen LogP) is 9.42. The van der Waals surface area contributed by atoms with Crippen molar-refractivity contribution in [1.29, 1.82) is 0 Å². The quantitative estimate of drug-likeness (QED) is 0.157. The Hall–Kier alpha value is -5.08. The molecule has 0 saturated heterocycles. The molecule has 2 nitrogen and oxygen atoms in total. The molecule has 0 saturated carbocycles. The molecule has 0 amide bonds. The average molecular weight is 587 g/mol. The number of benzene rings is 6. The van der Waals surface area contributed by atoms with Gasteiger partial charge in [0.25, 0.3) is 0 Å². The molecule has 0 atom stereocenters. The van der Waals surface area contributed by atoms with Gasteiger partial charge in [-0.25, -0.2) is 0 Å². The molecule has 6 rings (SSSR count). The Labute approximate surface area is 268 Å². The zero-order chi connectivity index (χ0) is 31.2. The molecule has 0 fully saturated rings. The van der Waals surface area contributed by atoms with Crippen LogP contribution in [-0.4, -0.2) is 0 Å². The van der Waals surface area contributed by atoms with E-state index in [1.165, 1.54) is 66.8 Å². The second kappa shape index (κ2) is 13.7. The normalized spacial score (nSPS) is 11.1. The summed E-state index contributed by atoms with van der Waals surface area (Å²) >= 11 is 0. The average Bonchev–Trinajstić information content (AvgIpc) is 3.04. The zero-order valence-electron chi connectivity index (χ0n) is 26.4. The van der Waals surface area contributed by atoms with E-state index in [0.29, 0.717) is 0 Å². The Kier molecular flexibility index (Phi) is 9.12. The fourth-order valence-corrected chi connectivity index (χ4v) is 6.10. The monoisotopic (exact) mass is 586 g/mol. The molecule has 0 aliphatic carbocycles. The van der Waals surface area contributed by atoms with E-state index < -0.39 is 0 Å². The van der Waals surface area contributed by atoms with Gasteiger partial charge in [0.15, 0.2) is 0 Å². The third kappa shape index (κ3) is 8.10. The minimum Gasteiger partial charge on any atom is -0.399 e. The van der Waals surface area contributed by atoms with Gasteiger partial charge in [-0.15, -0.1) is 0 Å². The first-order valence-electron chi connectivity index (χ1n) is 15.9. The fourth-order valence-electron chi connectivity index (χ4n) is 6.10. The lowest BCUT2D eigenvalue weighted by Crippen LogP contribution is -1.96. The van der Waals surface area contributed by atoms with Crippen LogP contribution in [0.25, 0.3) is 0 Å². The van der Waals surface area contributed by atoms with Gasteiger partial charge in [0.1, 0.15) is 0 Å². The summed E-state index contributed by atoms with van der Waals surface area (Å²) in [6.07, 6.45) is 4.69. The van der Waals surface area contributed by atoms with Crippen molar-refractivity contribution in [2.24, 2.45) is 0 Å². The van der Waals surface area contributed by atoms with Crippen molar-refractivity contribution in [2.45, 2.75) is 46.0 Å². The second-order valence-corrected chi connectivity index (χ2v) is 12.5. The Morgan fingerprint density at radius 1 is 0.311 bits per heavy atom. The smallest absolute Gasteiger partial charge is 0.0314 e. The van der Waals surface area contributed by atoms with Crippen LogP contribution < -0.4 is 11.5 Å². The molecule has 2 heteroatoms. The van der Waals surface area contributed by atoms with Crippen molar-refractivity contribution < 1.29 is 0 Å². The predicted molar refractivity (Wildman–Crippen MR) is 191 cm³/mol. The summed E-state index contributed by atoms with van der Waals surface area (Å²) in [6, 6.07) is 48.4. The first-order valence-corrected chi connectivity index (χ1v) is 15.9. The van der Waals surface area contributed by atoms with E-state index in [-0.39, 0.29) is 0 Å². The number of hydrogen-bond donors (Lipinski definition) is 2. The van der Waals surface area contributed by atoms with Crippen LogP contribution in [0.15, 0.2) is 133 Å². The molecule has 0 heterocycles. The van der Waals surface area contributed by atoms with Gasteiger partial charge in [-0.3, -0.25) is 0 Å². The molecule has 0 unspecified atom stereocenters. The van der Waals surface area contributed by atoms with Crippen LogP contribution in [0.5, 0.6) is 0 Å². The van der Waals surface area contributed by atoms with E-state index in [1.807, 2.05) is 24.3 Å². The largest absolute Gasteiger partial charge is 0.399 e. The third-order valence-corrected chi connectivity index (χ3v) is 8.83. The molecular weight excluding hydrogens is 544 g/mol. The Balaban J connectivity index is 1.02. The Morgan fingerprint density at radius 3 is 0.867 bits per heavy atom. The van der Waals surface area contributed by atoms with Crippen molar-refractivity contribution in [1.82, 2.24) is 0 Å². The zero-order valence-corrected chi connectivity index (χ0v) is 26.4. The number of rotatable bonds is 10. The van der Waals surface area contributed by atoms with E-state index >= 15 is 0 Å². The van der Waals surface area contributed by atoms with Crippen LogP contribution in [0.2, 0.25) is 0 Å².